The van der Waals surface area contributed by atoms with Crippen LogP contribution < -0.4 is 4.74 Å². The van der Waals surface area contributed by atoms with E-state index in [9.17, 15) is 10.1 Å². The first-order chi connectivity index (χ1) is 10.5. The van der Waals surface area contributed by atoms with Crippen LogP contribution in [0.3, 0.4) is 0 Å². The first kappa shape index (κ1) is 14.8. The van der Waals surface area contributed by atoms with Crippen molar-refractivity contribution in [2.75, 3.05) is 13.7 Å². The van der Waals surface area contributed by atoms with Crippen molar-refractivity contribution in [1.82, 2.24) is 9.88 Å². The standard InChI is InChI=1S/C16H19N3O3/c1-4-16(2,21-3)15(20)19-9-11-5-13(19)12-8-18-7-10(6-17)14(12)22-11/h7-8,11,13H,4-5,9H2,1-3H3/t11-,13-,16?/m0/s1. The van der Waals surface area contributed by atoms with E-state index in [0.29, 0.717) is 24.3 Å². The van der Waals surface area contributed by atoms with E-state index in [1.807, 2.05) is 18.7 Å². The van der Waals surface area contributed by atoms with Crippen LogP contribution >= 0.6 is 0 Å². The van der Waals surface area contributed by atoms with Gasteiger partial charge >= 0.3 is 0 Å². The monoisotopic (exact) mass is 301 g/mol. The summed E-state index contributed by atoms with van der Waals surface area (Å²) in [5.41, 5.74) is 0.403. The molecule has 1 aromatic rings. The zero-order chi connectivity index (χ0) is 15.9. The number of carbonyl (C=O) groups is 1. The molecule has 6 heteroatoms. The van der Waals surface area contributed by atoms with E-state index >= 15 is 0 Å². The Bertz CT molecular complexity index is 649. The molecular weight excluding hydrogens is 282 g/mol. The van der Waals surface area contributed by atoms with Crippen molar-refractivity contribution in [3.8, 4) is 11.8 Å². The van der Waals surface area contributed by atoms with Crippen molar-refractivity contribution in [2.24, 2.45) is 0 Å². The molecule has 0 saturated carbocycles. The van der Waals surface area contributed by atoms with E-state index < -0.39 is 5.60 Å². The number of methoxy groups -OCH3 is 1. The minimum atomic E-state index is -0.835. The summed E-state index contributed by atoms with van der Waals surface area (Å²) in [5.74, 6) is 0.536. The second-order valence-corrected chi connectivity index (χ2v) is 5.95. The van der Waals surface area contributed by atoms with Crippen molar-refractivity contribution >= 4 is 5.91 Å². The van der Waals surface area contributed by atoms with E-state index in [4.69, 9.17) is 9.47 Å². The molecule has 0 spiro atoms. The lowest BCUT2D eigenvalue weighted by Gasteiger charge is -2.33. The highest BCUT2D eigenvalue weighted by Crippen LogP contribution is 2.45. The SMILES string of the molecule is CCC(C)(OC)C(=O)N1C[C@@H]2C[C@H]1c1cncc(C#N)c1O2. The van der Waals surface area contributed by atoms with Crippen LogP contribution in [0.4, 0.5) is 0 Å². The zero-order valence-electron chi connectivity index (χ0n) is 13.0. The third kappa shape index (κ3) is 2.04. The summed E-state index contributed by atoms with van der Waals surface area (Å²) in [6, 6.07) is 2.01. The third-order valence-electron chi connectivity index (χ3n) is 4.79. The van der Waals surface area contributed by atoms with Crippen LogP contribution in [0.5, 0.6) is 5.75 Å². The molecule has 0 aromatic carbocycles. The Kier molecular flexibility index (Phi) is 3.53. The van der Waals surface area contributed by atoms with Crippen LogP contribution in [0.2, 0.25) is 0 Å². The van der Waals surface area contributed by atoms with Gasteiger partial charge in [-0.25, -0.2) is 0 Å². The van der Waals surface area contributed by atoms with Crippen molar-refractivity contribution < 1.29 is 14.3 Å². The number of likely N-dealkylation sites (tertiary alicyclic amines) is 1. The molecule has 1 fully saturated rings. The topological polar surface area (TPSA) is 75.5 Å². The largest absolute Gasteiger partial charge is 0.487 e. The molecule has 3 atom stereocenters. The first-order valence-corrected chi connectivity index (χ1v) is 7.45. The number of nitrogens with zero attached hydrogens (tertiary/aromatic N) is 3. The van der Waals surface area contributed by atoms with Crippen molar-refractivity contribution in [2.45, 2.75) is 44.4 Å². The van der Waals surface area contributed by atoms with Gasteiger partial charge in [-0.2, -0.15) is 5.26 Å². The van der Waals surface area contributed by atoms with Crippen LogP contribution in [-0.4, -0.2) is 41.2 Å². The van der Waals surface area contributed by atoms with E-state index in [1.54, 1.807) is 13.3 Å². The molecule has 1 amide bonds. The molecule has 3 heterocycles. The molecule has 6 nitrogen and oxygen atoms in total. The molecule has 2 bridgehead atoms. The molecule has 0 aliphatic carbocycles. The maximum Gasteiger partial charge on any atom is 0.255 e. The molecule has 2 aliphatic heterocycles. The normalized spacial score (nSPS) is 24.9. The van der Waals surface area contributed by atoms with Gasteiger partial charge in [-0.3, -0.25) is 9.78 Å². The van der Waals surface area contributed by atoms with Gasteiger partial charge in [-0.1, -0.05) is 6.92 Å². The minimum Gasteiger partial charge on any atom is -0.487 e. The number of carbonyl (C=O) groups excluding carboxylic acids is 1. The molecule has 2 aliphatic rings. The summed E-state index contributed by atoms with van der Waals surface area (Å²) in [6.07, 6.45) is 4.45. The molecule has 116 valence electrons. The fraction of sp³-hybridized carbons (Fsp3) is 0.562. The van der Waals surface area contributed by atoms with Crippen LogP contribution in [0, 0.1) is 11.3 Å². The number of fused-ring (bicyclic) bond motifs is 4. The van der Waals surface area contributed by atoms with Crippen molar-refractivity contribution in [3.63, 3.8) is 0 Å². The Morgan fingerprint density at radius 1 is 1.64 bits per heavy atom. The maximum absolute atomic E-state index is 12.9. The van der Waals surface area contributed by atoms with Gasteiger partial charge in [0, 0.05) is 31.5 Å². The predicted octanol–water partition coefficient (Wildman–Crippen LogP) is 1.80. The molecule has 22 heavy (non-hydrogen) atoms. The van der Waals surface area contributed by atoms with Crippen LogP contribution in [0.15, 0.2) is 12.4 Å². The summed E-state index contributed by atoms with van der Waals surface area (Å²) < 4.78 is 11.4. The van der Waals surface area contributed by atoms with Gasteiger partial charge in [0.1, 0.15) is 29.1 Å². The Labute approximate surface area is 129 Å². The second kappa shape index (κ2) is 5.25. The number of hydrogen-bond acceptors (Lipinski definition) is 5. The summed E-state index contributed by atoms with van der Waals surface area (Å²) in [4.78, 5) is 18.8. The van der Waals surface area contributed by atoms with Gasteiger partial charge in [0.2, 0.25) is 0 Å². The number of pyridine rings is 1. The highest BCUT2D eigenvalue weighted by molar-refractivity contribution is 5.86. The van der Waals surface area contributed by atoms with Gasteiger partial charge in [0.05, 0.1) is 12.6 Å². The number of rotatable bonds is 3. The molecule has 1 unspecified atom stereocenters. The summed E-state index contributed by atoms with van der Waals surface area (Å²) >= 11 is 0. The lowest BCUT2D eigenvalue weighted by atomic mass is 9.97. The molecule has 1 aromatic heterocycles. The highest BCUT2D eigenvalue weighted by Gasteiger charge is 2.47. The van der Waals surface area contributed by atoms with Gasteiger partial charge in [-0.15, -0.1) is 0 Å². The summed E-state index contributed by atoms with van der Waals surface area (Å²) in [6.45, 7) is 4.26. The third-order valence-corrected chi connectivity index (χ3v) is 4.79. The molecule has 0 N–H and O–H groups in total. The van der Waals surface area contributed by atoms with E-state index in [2.05, 4.69) is 11.1 Å². The van der Waals surface area contributed by atoms with Gasteiger partial charge in [0.15, 0.2) is 0 Å². The second-order valence-electron chi connectivity index (χ2n) is 5.95. The first-order valence-electron chi connectivity index (χ1n) is 7.45. The molecule has 1 saturated heterocycles. The Hall–Kier alpha value is -2.13. The smallest absolute Gasteiger partial charge is 0.255 e. The van der Waals surface area contributed by atoms with E-state index in [-0.39, 0.29) is 18.1 Å². The van der Waals surface area contributed by atoms with Crippen molar-refractivity contribution in [1.29, 1.82) is 5.26 Å². The quantitative estimate of drug-likeness (QED) is 0.851. The Balaban J connectivity index is 1.99. The summed E-state index contributed by atoms with van der Waals surface area (Å²) in [5, 5.41) is 9.20. The number of nitriles is 1. The maximum atomic E-state index is 12.9. The van der Waals surface area contributed by atoms with E-state index in [0.717, 1.165) is 12.0 Å². The highest BCUT2D eigenvalue weighted by atomic mass is 16.5. The average molecular weight is 301 g/mol. The number of amides is 1. The predicted molar refractivity (Wildman–Crippen MR) is 78.1 cm³/mol. The van der Waals surface area contributed by atoms with Crippen LogP contribution in [-0.2, 0) is 9.53 Å². The van der Waals surface area contributed by atoms with E-state index in [1.165, 1.54) is 6.20 Å². The lowest BCUT2D eigenvalue weighted by Crippen LogP contribution is -2.47. The van der Waals surface area contributed by atoms with Crippen LogP contribution in [0.25, 0.3) is 0 Å². The van der Waals surface area contributed by atoms with Gasteiger partial charge < -0.3 is 14.4 Å². The molecular formula is C16H19N3O3. The Morgan fingerprint density at radius 3 is 3.05 bits per heavy atom. The number of hydrogen-bond donors (Lipinski definition) is 0. The fourth-order valence-corrected chi connectivity index (χ4v) is 3.17. The minimum absolute atomic E-state index is 0.0381. The lowest BCUT2D eigenvalue weighted by molar-refractivity contribution is -0.154. The zero-order valence-corrected chi connectivity index (χ0v) is 13.0. The Morgan fingerprint density at radius 2 is 2.41 bits per heavy atom. The van der Waals surface area contributed by atoms with Gasteiger partial charge in [-0.05, 0) is 13.3 Å². The van der Waals surface area contributed by atoms with Gasteiger partial charge in [0.25, 0.3) is 5.91 Å². The summed E-state index contributed by atoms with van der Waals surface area (Å²) in [7, 11) is 1.56. The molecule has 3 rings (SSSR count). The molecule has 0 radical (unpaired) electrons. The average Bonchev–Trinajstić information content (AvgIpc) is 2.90. The fourth-order valence-electron chi connectivity index (χ4n) is 3.17. The van der Waals surface area contributed by atoms with Crippen molar-refractivity contribution in [3.05, 3.63) is 23.5 Å². The van der Waals surface area contributed by atoms with Crippen LogP contribution in [0.1, 0.15) is 43.9 Å². The number of ether oxygens (including phenoxy) is 2. The number of aromatic nitrogens is 1.